The van der Waals surface area contributed by atoms with Crippen molar-refractivity contribution >= 4 is 17.6 Å². The quantitative estimate of drug-likeness (QED) is 0.345. The summed E-state index contributed by atoms with van der Waals surface area (Å²) in [5.41, 5.74) is 0. The molecule has 10 heavy (non-hydrogen) atoms. The van der Waals surface area contributed by atoms with Crippen molar-refractivity contribution in [2.75, 3.05) is 26.2 Å². The molecular weight excluding hydrogens is 156 g/mol. The molecule has 0 aromatic rings. The van der Waals surface area contributed by atoms with Gasteiger partial charge in [0.2, 0.25) is 0 Å². The molecule has 60 valence electrons. The van der Waals surface area contributed by atoms with Crippen LogP contribution in [0.3, 0.4) is 0 Å². The molecule has 0 fully saturated rings. The van der Waals surface area contributed by atoms with Crippen molar-refractivity contribution in [3.8, 4) is 0 Å². The second-order valence-corrected chi connectivity index (χ2v) is 2.05. The van der Waals surface area contributed by atoms with Crippen LogP contribution in [0.4, 0.5) is 0 Å². The molecule has 0 saturated heterocycles. The summed E-state index contributed by atoms with van der Waals surface area (Å²) < 4.78 is 9.20. The van der Waals surface area contributed by atoms with Crippen LogP contribution < -0.4 is 0 Å². The van der Waals surface area contributed by atoms with Crippen molar-refractivity contribution in [1.82, 2.24) is 0 Å². The number of ether oxygens (including phenoxy) is 2. The fourth-order valence-corrected chi connectivity index (χ4v) is 0.480. The minimum Gasteiger partial charge on any atom is -0.467 e. The van der Waals surface area contributed by atoms with Crippen LogP contribution in [0, 0.1) is 0 Å². The number of esters is 1. The highest BCUT2D eigenvalue weighted by Crippen LogP contribution is 1.86. The lowest BCUT2D eigenvalue weighted by atomic mass is 10.5. The number of alkyl halides is 1. The van der Waals surface area contributed by atoms with Gasteiger partial charge in [-0.15, -0.1) is 11.6 Å². The predicted molar refractivity (Wildman–Crippen MR) is 38.2 cm³/mol. The average Bonchev–Trinajstić information content (AvgIpc) is 1.98. The summed E-state index contributed by atoms with van der Waals surface area (Å²) in [5.74, 6) is 0.204. The number of methoxy groups -OCH3 is 1. The minimum absolute atomic E-state index is 0.0212. The summed E-state index contributed by atoms with van der Waals surface area (Å²) in [6.07, 6.45) is 0.762. The van der Waals surface area contributed by atoms with Crippen LogP contribution in [-0.2, 0) is 14.3 Å². The summed E-state index contributed by atoms with van der Waals surface area (Å²) >= 11 is 5.35. The zero-order valence-corrected chi connectivity index (χ0v) is 6.69. The van der Waals surface area contributed by atoms with Gasteiger partial charge in [-0.3, -0.25) is 0 Å². The molecular formula is C6H11ClO3. The van der Waals surface area contributed by atoms with Crippen LogP contribution in [0.25, 0.3) is 0 Å². The molecule has 0 aromatic heterocycles. The molecule has 0 aromatic carbocycles. The van der Waals surface area contributed by atoms with Gasteiger partial charge in [-0.05, 0) is 6.42 Å². The molecule has 0 aliphatic carbocycles. The first kappa shape index (κ1) is 9.72. The van der Waals surface area contributed by atoms with Gasteiger partial charge in [0.25, 0.3) is 0 Å². The number of hydrogen-bond donors (Lipinski definition) is 0. The van der Waals surface area contributed by atoms with Gasteiger partial charge in [-0.25, -0.2) is 4.79 Å². The molecule has 0 bridgehead atoms. The molecule has 0 aliphatic rings. The number of hydrogen-bond acceptors (Lipinski definition) is 3. The first-order chi connectivity index (χ1) is 4.81. The summed E-state index contributed by atoms with van der Waals surface area (Å²) in [5, 5.41) is 0. The van der Waals surface area contributed by atoms with E-state index in [9.17, 15) is 4.79 Å². The molecule has 0 spiro atoms. The van der Waals surface area contributed by atoms with Gasteiger partial charge in [0, 0.05) is 12.5 Å². The van der Waals surface area contributed by atoms with Crippen molar-refractivity contribution in [3.05, 3.63) is 0 Å². The minimum atomic E-state index is -0.352. The third kappa shape index (κ3) is 5.85. The molecule has 0 aliphatic heterocycles. The molecule has 0 atom stereocenters. The second kappa shape index (κ2) is 6.83. The Labute approximate surface area is 65.3 Å². The summed E-state index contributed by atoms with van der Waals surface area (Å²) in [6.45, 7) is 0.534. The zero-order valence-electron chi connectivity index (χ0n) is 5.93. The van der Waals surface area contributed by atoms with Crippen LogP contribution in [0.15, 0.2) is 0 Å². The van der Waals surface area contributed by atoms with Gasteiger partial charge in [0.15, 0.2) is 0 Å². The van der Waals surface area contributed by atoms with E-state index in [-0.39, 0.29) is 12.6 Å². The maximum absolute atomic E-state index is 10.4. The van der Waals surface area contributed by atoms with E-state index in [4.69, 9.17) is 16.3 Å². The first-order valence-corrected chi connectivity index (χ1v) is 3.55. The van der Waals surface area contributed by atoms with Crippen LogP contribution in [0.2, 0.25) is 0 Å². The maximum Gasteiger partial charge on any atom is 0.331 e. The topological polar surface area (TPSA) is 35.5 Å². The van der Waals surface area contributed by atoms with Crippen LogP contribution in [0.1, 0.15) is 6.42 Å². The van der Waals surface area contributed by atoms with E-state index in [1.807, 2.05) is 0 Å². The monoisotopic (exact) mass is 166 g/mol. The molecule has 4 heteroatoms. The molecule has 0 amide bonds. The van der Waals surface area contributed by atoms with Crippen molar-refractivity contribution in [1.29, 1.82) is 0 Å². The Kier molecular flexibility index (Phi) is 6.64. The largest absolute Gasteiger partial charge is 0.467 e. The maximum atomic E-state index is 10.4. The summed E-state index contributed by atoms with van der Waals surface area (Å²) in [6, 6.07) is 0. The SMILES string of the molecule is COC(=O)COCCCCl. The molecule has 0 rings (SSSR count). The average molecular weight is 167 g/mol. The van der Waals surface area contributed by atoms with Crippen LogP contribution in [-0.4, -0.2) is 32.2 Å². The highest BCUT2D eigenvalue weighted by atomic mass is 35.5. The Balaban J connectivity index is 2.96. The van der Waals surface area contributed by atoms with Gasteiger partial charge in [0.05, 0.1) is 7.11 Å². The number of rotatable bonds is 5. The van der Waals surface area contributed by atoms with E-state index in [2.05, 4.69) is 4.74 Å². The Bertz CT molecular complexity index is 95.0. The molecule has 0 heterocycles. The van der Waals surface area contributed by atoms with Crippen molar-refractivity contribution < 1.29 is 14.3 Å². The lowest BCUT2D eigenvalue weighted by Crippen LogP contribution is -2.10. The molecule has 0 saturated carbocycles. The fourth-order valence-electron chi connectivity index (χ4n) is 0.371. The zero-order chi connectivity index (χ0) is 7.82. The standard InChI is InChI=1S/C6H11ClO3/c1-9-6(8)5-10-4-2-3-7/h2-5H2,1H3. The highest BCUT2D eigenvalue weighted by molar-refractivity contribution is 6.17. The van der Waals surface area contributed by atoms with Crippen molar-refractivity contribution in [3.63, 3.8) is 0 Å². The highest BCUT2D eigenvalue weighted by Gasteiger charge is 1.97. The second-order valence-electron chi connectivity index (χ2n) is 1.67. The van der Waals surface area contributed by atoms with Gasteiger partial charge in [-0.2, -0.15) is 0 Å². The van der Waals surface area contributed by atoms with E-state index >= 15 is 0 Å². The number of halogens is 1. The smallest absolute Gasteiger partial charge is 0.331 e. The van der Waals surface area contributed by atoms with Gasteiger partial charge >= 0.3 is 5.97 Å². The van der Waals surface area contributed by atoms with Gasteiger partial charge in [-0.1, -0.05) is 0 Å². The molecule has 0 N–H and O–H groups in total. The van der Waals surface area contributed by atoms with Crippen molar-refractivity contribution in [2.45, 2.75) is 6.42 Å². The Morgan fingerprint density at radius 2 is 2.30 bits per heavy atom. The summed E-state index contributed by atoms with van der Waals surface area (Å²) in [7, 11) is 1.33. The van der Waals surface area contributed by atoms with E-state index in [1.165, 1.54) is 7.11 Å². The third-order valence-corrected chi connectivity index (χ3v) is 1.14. The van der Waals surface area contributed by atoms with Crippen LogP contribution in [0.5, 0.6) is 0 Å². The normalized spacial score (nSPS) is 9.40. The summed E-state index contributed by atoms with van der Waals surface area (Å²) in [4.78, 5) is 10.4. The van der Waals surface area contributed by atoms with E-state index in [0.717, 1.165) is 6.42 Å². The van der Waals surface area contributed by atoms with E-state index in [0.29, 0.717) is 12.5 Å². The molecule has 0 radical (unpaired) electrons. The Hall–Kier alpha value is -0.280. The molecule has 0 unspecified atom stereocenters. The number of carbonyl (C=O) groups is 1. The Morgan fingerprint density at radius 1 is 1.60 bits per heavy atom. The Morgan fingerprint density at radius 3 is 2.80 bits per heavy atom. The number of carbonyl (C=O) groups excluding carboxylic acids is 1. The van der Waals surface area contributed by atoms with Gasteiger partial charge < -0.3 is 9.47 Å². The van der Waals surface area contributed by atoms with Crippen LogP contribution >= 0.6 is 11.6 Å². The molecule has 3 nitrogen and oxygen atoms in total. The lowest BCUT2D eigenvalue weighted by molar-refractivity contribution is -0.145. The fraction of sp³-hybridized carbons (Fsp3) is 0.833. The third-order valence-electron chi connectivity index (χ3n) is 0.870. The van der Waals surface area contributed by atoms with E-state index < -0.39 is 0 Å². The van der Waals surface area contributed by atoms with Gasteiger partial charge in [0.1, 0.15) is 6.61 Å². The predicted octanol–water partition coefficient (Wildman–Crippen LogP) is 0.805. The van der Waals surface area contributed by atoms with Crippen molar-refractivity contribution in [2.24, 2.45) is 0 Å². The lowest BCUT2D eigenvalue weighted by Gasteiger charge is -1.99. The van der Waals surface area contributed by atoms with E-state index in [1.54, 1.807) is 0 Å². The first-order valence-electron chi connectivity index (χ1n) is 3.01.